The van der Waals surface area contributed by atoms with E-state index in [4.69, 9.17) is 16.3 Å². The summed E-state index contributed by atoms with van der Waals surface area (Å²) in [6.45, 7) is 0.814. The van der Waals surface area contributed by atoms with E-state index in [1.807, 2.05) is 60.7 Å². The molecule has 0 fully saturated rings. The van der Waals surface area contributed by atoms with E-state index in [-0.39, 0.29) is 5.91 Å². The van der Waals surface area contributed by atoms with Gasteiger partial charge in [0.15, 0.2) is 0 Å². The molecular formula is C22H21ClN2O2. The summed E-state index contributed by atoms with van der Waals surface area (Å²) in [6, 6.07) is 22.6. The highest BCUT2D eigenvalue weighted by molar-refractivity contribution is 6.30. The molecule has 3 rings (SSSR count). The van der Waals surface area contributed by atoms with Crippen LogP contribution < -0.4 is 15.4 Å². The van der Waals surface area contributed by atoms with Crippen molar-refractivity contribution in [1.82, 2.24) is 0 Å². The Bertz CT molecular complexity index is 893. The van der Waals surface area contributed by atoms with Crippen molar-refractivity contribution in [1.29, 1.82) is 0 Å². The summed E-state index contributed by atoms with van der Waals surface area (Å²) in [7, 11) is 1.55. The smallest absolute Gasteiger partial charge is 0.259 e. The zero-order chi connectivity index (χ0) is 19.1. The van der Waals surface area contributed by atoms with Crippen LogP contribution in [0, 0.1) is 0 Å². The first kappa shape index (κ1) is 18.8. The highest BCUT2D eigenvalue weighted by Crippen LogP contribution is 2.20. The van der Waals surface area contributed by atoms with Gasteiger partial charge in [-0.1, -0.05) is 35.9 Å². The third-order valence-corrected chi connectivity index (χ3v) is 4.40. The topological polar surface area (TPSA) is 50.4 Å². The third-order valence-electron chi connectivity index (χ3n) is 4.15. The second-order valence-corrected chi connectivity index (χ2v) is 6.47. The number of halogens is 1. The summed E-state index contributed by atoms with van der Waals surface area (Å²) in [6.07, 6.45) is 0.906. The molecule has 0 spiro atoms. The van der Waals surface area contributed by atoms with Gasteiger partial charge < -0.3 is 15.4 Å². The summed E-state index contributed by atoms with van der Waals surface area (Å²) < 4.78 is 5.23. The van der Waals surface area contributed by atoms with Crippen molar-refractivity contribution in [2.24, 2.45) is 0 Å². The first-order chi connectivity index (χ1) is 13.2. The van der Waals surface area contributed by atoms with Gasteiger partial charge in [-0.25, -0.2) is 0 Å². The van der Waals surface area contributed by atoms with Gasteiger partial charge in [0.25, 0.3) is 5.91 Å². The normalized spacial score (nSPS) is 10.3. The first-order valence-electron chi connectivity index (χ1n) is 8.68. The number of nitrogens with one attached hydrogen (secondary N) is 2. The van der Waals surface area contributed by atoms with Crippen molar-refractivity contribution in [2.75, 3.05) is 24.3 Å². The van der Waals surface area contributed by atoms with Crippen LogP contribution in [0.1, 0.15) is 15.9 Å². The lowest BCUT2D eigenvalue weighted by atomic mass is 10.1. The number of benzene rings is 3. The second kappa shape index (κ2) is 9.10. The van der Waals surface area contributed by atoms with Gasteiger partial charge in [0.1, 0.15) is 5.75 Å². The molecule has 0 saturated carbocycles. The largest absolute Gasteiger partial charge is 0.496 e. The fourth-order valence-electron chi connectivity index (χ4n) is 2.70. The minimum atomic E-state index is -0.198. The fourth-order valence-corrected chi connectivity index (χ4v) is 2.83. The van der Waals surface area contributed by atoms with Crippen molar-refractivity contribution in [3.05, 3.63) is 88.9 Å². The van der Waals surface area contributed by atoms with Crippen molar-refractivity contribution in [2.45, 2.75) is 6.42 Å². The summed E-state index contributed by atoms with van der Waals surface area (Å²) in [5.41, 5.74) is 3.46. The van der Waals surface area contributed by atoms with E-state index < -0.39 is 0 Å². The van der Waals surface area contributed by atoms with E-state index in [1.165, 1.54) is 5.56 Å². The number of ether oxygens (including phenoxy) is 1. The number of carbonyl (C=O) groups excluding carboxylic acids is 1. The van der Waals surface area contributed by atoms with Gasteiger partial charge in [0.05, 0.1) is 12.7 Å². The minimum absolute atomic E-state index is 0.198. The van der Waals surface area contributed by atoms with Gasteiger partial charge in [0, 0.05) is 22.9 Å². The van der Waals surface area contributed by atoms with Crippen molar-refractivity contribution >= 4 is 28.9 Å². The number of rotatable bonds is 7. The van der Waals surface area contributed by atoms with E-state index in [1.54, 1.807) is 19.2 Å². The van der Waals surface area contributed by atoms with Crippen molar-refractivity contribution in [3.63, 3.8) is 0 Å². The molecule has 0 aliphatic heterocycles. The van der Waals surface area contributed by atoms with Crippen LogP contribution in [0.25, 0.3) is 0 Å². The van der Waals surface area contributed by atoms with Crippen LogP contribution >= 0.6 is 11.6 Å². The zero-order valence-electron chi connectivity index (χ0n) is 15.0. The number of carbonyl (C=O) groups is 1. The van der Waals surface area contributed by atoms with Crippen LogP contribution in [0.3, 0.4) is 0 Å². The molecule has 5 heteroatoms. The molecule has 0 aliphatic rings. The summed E-state index contributed by atoms with van der Waals surface area (Å²) in [5, 5.41) is 7.01. The second-order valence-electron chi connectivity index (χ2n) is 6.04. The molecule has 0 aromatic heterocycles. The average molecular weight is 381 g/mol. The van der Waals surface area contributed by atoms with E-state index in [2.05, 4.69) is 10.6 Å². The molecule has 0 unspecified atom stereocenters. The van der Waals surface area contributed by atoms with Crippen LogP contribution in [-0.4, -0.2) is 19.6 Å². The maximum absolute atomic E-state index is 12.4. The third kappa shape index (κ3) is 5.25. The fraction of sp³-hybridized carbons (Fsp3) is 0.136. The SMILES string of the molecule is COc1ccccc1C(=O)Nc1ccc(NCCc2ccc(Cl)cc2)cc1. The highest BCUT2D eigenvalue weighted by atomic mass is 35.5. The number of anilines is 2. The monoisotopic (exact) mass is 380 g/mol. The van der Waals surface area contributed by atoms with Gasteiger partial charge >= 0.3 is 0 Å². The number of methoxy groups -OCH3 is 1. The summed E-state index contributed by atoms with van der Waals surface area (Å²) >= 11 is 5.90. The van der Waals surface area contributed by atoms with Crippen LogP contribution in [0.15, 0.2) is 72.8 Å². The Morgan fingerprint density at radius 3 is 2.30 bits per heavy atom. The molecule has 0 heterocycles. The van der Waals surface area contributed by atoms with Gasteiger partial charge in [-0.3, -0.25) is 4.79 Å². The summed E-state index contributed by atoms with van der Waals surface area (Å²) in [4.78, 5) is 12.4. The van der Waals surface area contributed by atoms with Crippen molar-refractivity contribution in [3.8, 4) is 5.75 Å². The Hall–Kier alpha value is -2.98. The number of hydrogen-bond donors (Lipinski definition) is 2. The lowest BCUT2D eigenvalue weighted by Crippen LogP contribution is -2.13. The molecule has 0 atom stereocenters. The molecule has 0 radical (unpaired) electrons. The Morgan fingerprint density at radius 2 is 1.59 bits per heavy atom. The number of hydrogen-bond acceptors (Lipinski definition) is 3. The molecule has 1 amide bonds. The molecular weight excluding hydrogens is 360 g/mol. The predicted molar refractivity (Wildman–Crippen MR) is 111 cm³/mol. The molecule has 27 heavy (non-hydrogen) atoms. The van der Waals surface area contributed by atoms with E-state index >= 15 is 0 Å². The number of amides is 1. The molecule has 2 N–H and O–H groups in total. The molecule has 3 aromatic rings. The van der Waals surface area contributed by atoms with E-state index in [0.717, 1.165) is 29.4 Å². The Morgan fingerprint density at radius 1 is 0.926 bits per heavy atom. The van der Waals surface area contributed by atoms with Crippen LogP contribution in [0.4, 0.5) is 11.4 Å². The highest BCUT2D eigenvalue weighted by Gasteiger charge is 2.11. The molecule has 3 aromatic carbocycles. The minimum Gasteiger partial charge on any atom is -0.496 e. The van der Waals surface area contributed by atoms with Crippen LogP contribution in [0.2, 0.25) is 5.02 Å². The molecule has 0 bridgehead atoms. The molecule has 4 nitrogen and oxygen atoms in total. The van der Waals surface area contributed by atoms with Gasteiger partial charge in [-0.2, -0.15) is 0 Å². The van der Waals surface area contributed by atoms with Gasteiger partial charge in [-0.15, -0.1) is 0 Å². The zero-order valence-corrected chi connectivity index (χ0v) is 15.8. The van der Waals surface area contributed by atoms with Gasteiger partial charge in [0.2, 0.25) is 0 Å². The Balaban J connectivity index is 1.54. The first-order valence-corrected chi connectivity index (χ1v) is 9.06. The quantitative estimate of drug-likeness (QED) is 0.588. The standard InChI is InChI=1S/C22H21ClN2O2/c1-27-21-5-3-2-4-20(21)22(26)25-19-12-10-18(11-13-19)24-15-14-16-6-8-17(23)9-7-16/h2-13,24H,14-15H2,1H3,(H,25,26). The van der Waals surface area contributed by atoms with Gasteiger partial charge in [-0.05, 0) is 60.5 Å². The van der Waals surface area contributed by atoms with Crippen LogP contribution in [-0.2, 0) is 6.42 Å². The maximum Gasteiger partial charge on any atom is 0.259 e. The molecule has 0 aliphatic carbocycles. The molecule has 138 valence electrons. The predicted octanol–water partition coefficient (Wildman–Crippen LogP) is 5.26. The lowest BCUT2D eigenvalue weighted by Gasteiger charge is -2.10. The van der Waals surface area contributed by atoms with Crippen LogP contribution in [0.5, 0.6) is 5.75 Å². The van der Waals surface area contributed by atoms with E-state index in [9.17, 15) is 4.79 Å². The maximum atomic E-state index is 12.4. The van der Waals surface area contributed by atoms with E-state index in [0.29, 0.717) is 11.3 Å². The lowest BCUT2D eigenvalue weighted by molar-refractivity contribution is 0.102. The molecule has 0 saturated heterocycles. The van der Waals surface area contributed by atoms with Crippen molar-refractivity contribution < 1.29 is 9.53 Å². The number of para-hydroxylation sites is 1. The Kier molecular flexibility index (Phi) is 6.34. The average Bonchev–Trinajstić information content (AvgIpc) is 2.70. The summed E-state index contributed by atoms with van der Waals surface area (Å²) in [5.74, 6) is 0.353. The Labute approximate surface area is 164 Å².